The van der Waals surface area contributed by atoms with Crippen molar-refractivity contribution in [1.29, 1.82) is 0 Å². The van der Waals surface area contributed by atoms with Gasteiger partial charge >= 0.3 is 0 Å². The number of nitrogens with two attached hydrogens (primary N) is 1. The zero-order chi connectivity index (χ0) is 12.4. The fraction of sp³-hybridized carbons (Fsp3) is 0.273. The van der Waals surface area contributed by atoms with E-state index in [1.54, 1.807) is 6.07 Å². The Morgan fingerprint density at radius 2 is 2.24 bits per heavy atom. The van der Waals surface area contributed by atoms with Gasteiger partial charge in [-0.25, -0.2) is 0 Å². The fourth-order valence-electron chi connectivity index (χ4n) is 1.30. The maximum absolute atomic E-state index is 6.00. The van der Waals surface area contributed by atoms with Gasteiger partial charge in [-0.1, -0.05) is 18.5 Å². The van der Waals surface area contributed by atoms with Gasteiger partial charge in [-0.05, 0) is 40.5 Å². The minimum atomic E-state index is -0.220. The molecule has 2 N–H and O–H groups in total. The largest absolute Gasteiger partial charge is 0.419 e. The molecule has 0 spiro atoms. The molecule has 1 atom stereocenters. The van der Waals surface area contributed by atoms with Crippen LogP contribution in [0.2, 0.25) is 5.02 Å². The lowest BCUT2D eigenvalue weighted by Gasteiger charge is -2.01. The monoisotopic (exact) mass is 315 g/mol. The standard InChI is InChI=1S/C11H11BrClN3O/c1-2-9(14)11-16-15-10(17-11)6-3-4-7(12)8(13)5-6/h3-5,9H,2,14H2,1H3. The van der Waals surface area contributed by atoms with Gasteiger partial charge in [-0.3, -0.25) is 0 Å². The Morgan fingerprint density at radius 3 is 2.88 bits per heavy atom. The first-order valence-electron chi connectivity index (χ1n) is 5.16. The molecule has 0 aliphatic carbocycles. The van der Waals surface area contributed by atoms with E-state index >= 15 is 0 Å². The molecule has 2 aromatic rings. The Bertz CT molecular complexity index is 529. The normalized spacial score (nSPS) is 12.7. The Kier molecular flexibility index (Phi) is 3.81. The zero-order valence-electron chi connectivity index (χ0n) is 9.15. The minimum Gasteiger partial charge on any atom is -0.419 e. The van der Waals surface area contributed by atoms with Crippen molar-refractivity contribution < 1.29 is 4.42 Å². The van der Waals surface area contributed by atoms with Crippen molar-refractivity contribution in [3.8, 4) is 11.5 Å². The highest BCUT2D eigenvalue weighted by Gasteiger charge is 2.14. The summed E-state index contributed by atoms with van der Waals surface area (Å²) in [5.41, 5.74) is 6.59. The second-order valence-electron chi connectivity index (χ2n) is 3.59. The van der Waals surface area contributed by atoms with Crippen LogP contribution >= 0.6 is 27.5 Å². The van der Waals surface area contributed by atoms with Gasteiger partial charge in [-0.15, -0.1) is 10.2 Å². The van der Waals surface area contributed by atoms with Crippen LogP contribution in [-0.4, -0.2) is 10.2 Å². The molecule has 0 radical (unpaired) electrons. The lowest BCUT2D eigenvalue weighted by Crippen LogP contribution is -2.08. The van der Waals surface area contributed by atoms with E-state index in [-0.39, 0.29) is 6.04 Å². The molecule has 1 unspecified atom stereocenters. The predicted octanol–water partition coefficient (Wildman–Crippen LogP) is 3.56. The molecule has 0 saturated carbocycles. The molecule has 0 saturated heterocycles. The number of rotatable bonds is 3. The van der Waals surface area contributed by atoms with Crippen molar-refractivity contribution in [2.45, 2.75) is 19.4 Å². The highest BCUT2D eigenvalue weighted by atomic mass is 79.9. The molecule has 6 heteroatoms. The Morgan fingerprint density at radius 1 is 1.47 bits per heavy atom. The van der Waals surface area contributed by atoms with Crippen LogP contribution in [0.1, 0.15) is 25.3 Å². The van der Waals surface area contributed by atoms with Gasteiger partial charge in [0.25, 0.3) is 0 Å². The summed E-state index contributed by atoms with van der Waals surface area (Å²) < 4.78 is 6.32. The third-order valence-electron chi connectivity index (χ3n) is 2.36. The summed E-state index contributed by atoms with van der Waals surface area (Å²) in [5.74, 6) is 0.875. The van der Waals surface area contributed by atoms with Crippen molar-refractivity contribution in [3.05, 3.63) is 33.6 Å². The van der Waals surface area contributed by atoms with E-state index in [1.807, 2.05) is 19.1 Å². The lowest BCUT2D eigenvalue weighted by molar-refractivity contribution is 0.452. The fourth-order valence-corrected chi connectivity index (χ4v) is 1.73. The molecule has 0 bridgehead atoms. The first kappa shape index (κ1) is 12.5. The SMILES string of the molecule is CCC(N)c1nnc(-c2ccc(Br)c(Cl)c2)o1. The molecule has 0 amide bonds. The van der Waals surface area contributed by atoms with E-state index in [1.165, 1.54) is 0 Å². The predicted molar refractivity (Wildman–Crippen MR) is 69.7 cm³/mol. The second kappa shape index (κ2) is 5.16. The topological polar surface area (TPSA) is 64.9 Å². The Balaban J connectivity index is 2.33. The molecule has 2 rings (SSSR count). The van der Waals surface area contributed by atoms with Crippen LogP contribution in [0.3, 0.4) is 0 Å². The number of aromatic nitrogens is 2. The molecule has 0 aliphatic heterocycles. The molecule has 1 aromatic heterocycles. The Hall–Kier alpha value is -0.910. The maximum atomic E-state index is 6.00. The van der Waals surface area contributed by atoms with Crippen LogP contribution in [0.25, 0.3) is 11.5 Å². The van der Waals surface area contributed by atoms with Gasteiger partial charge in [-0.2, -0.15) is 0 Å². The maximum Gasteiger partial charge on any atom is 0.247 e. The van der Waals surface area contributed by atoms with E-state index in [4.69, 9.17) is 21.8 Å². The van der Waals surface area contributed by atoms with Crippen molar-refractivity contribution in [2.24, 2.45) is 5.73 Å². The third kappa shape index (κ3) is 2.68. The molecule has 90 valence electrons. The van der Waals surface area contributed by atoms with Crippen LogP contribution < -0.4 is 5.73 Å². The molecule has 4 nitrogen and oxygen atoms in total. The number of hydrogen-bond donors (Lipinski definition) is 1. The first-order chi connectivity index (χ1) is 8.11. The summed E-state index contributed by atoms with van der Waals surface area (Å²) in [5, 5.41) is 8.47. The molecule has 1 aromatic carbocycles. The van der Waals surface area contributed by atoms with Crippen molar-refractivity contribution in [3.63, 3.8) is 0 Å². The van der Waals surface area contributed by atoms with Gasteiger partial charge in [0.1, 0.15) is 0 Å². The minimum absolute atomic E-state index is 0.220. The van der Waals surface area contributed by atoms with Crippen LogP contribution in [-0.2, 0) is 0 Å². The second-order valence-corrected chi connectivity index (χ2v) is 4.85. The van der Waals surface area contributed by atoms with Gasteiger partial charge in [0, 0.05) is 10.0 Å². The highest BCUT2D eigenvalue weighted by molar-refractivity contribution is 9.10. The summed E-state index contributed by atoms with van der Waals surface area (Å²) in [6.45, 7) is 1.96. The van der Waals surface area contributed by atoms with E-state index < -0.39 is 0 Å². The summed E-state index contributed by atoms with van der Waals surface area (Å²) in [6.07, 6.45) is 0.753. The average Bonchev–Trinajstić information content (AvgIpc) is 2.81. The van der Waals surface area contributed by atoms with Crippen LogP contribution in [0.4, 0.5) is 0 Å². The molecule has 17 heavy (non-hydrogen) atoms. The quantitative estimate of drug-likeness (QED) is 0.940. The van der Waals surface area contributed by atoms with Crippen LogP contribution in [0.15, 0.2) is 27.1 Å². The highest BCUT2D eigenvalue weighted by Crippen LogP contribution is 2.28. The molecule has 0 fully saturated rings. The van der Waals surface area contributed by atoms with E-state index in [0.717, 1.165) is 16.5 Å². The van der Waals surface area contributed by atoms with Crippen molar-refractivity contribution in [2.75, 3.05) is 0 Å². The first-order valence-corrected chi connectivity index (χ1v) is 6.33. The van der Waals surface area contributed by atoms with Gasteiger partial charge in [0.15, 0.2) is 0 Å². The van der Waals surface area contributed by atoms with Crippen LogP contribution in [0.5, 0.6) is 0 Å². The molecule has 1 heterocycles. The Labute approximate surface area is 112 Å². The summed E-state index contributed by atoms with van der Waals surface area (Å²) in [4.78, 5) is 0. The smallest absolute Gasteiger partial charge is 0.247 e. The summed E-state index contributed by atoms with van der Waals surface area (Å²) in [7, 11) is 0. The van der Waals surface area contributed by atoms with Gasteiger partial charge < -0.3 is 10.2 Å². The van der Waals surface area contributed by atoms with Crippen LogP contribution in [0, 0.1) is 0 Å². The third-order valence-corrected chi connectivity index (χ3v) is 3.60. The number of nitrogens with zero attached hydrogens (tertiary/aromatic N) is 2. The molecular weight excluding hydrogens is 305 g/mol. The molecule has 0 aliphatic rings. The van der Waals surface area contributed by atoms with E-state index in [0.29, 0.717) is 16.8 Å². The summed E-state index contributed by atoms with van der Waals surface area (Å²) >= 11 is 9.32. The van der Waals surface area contributed by atoms with Gasteiger partial charge in [0.05, 0.1) is 11.1 Å². The number of halogens is 2. The van der Waals surface area contributed by atoms with Crippen molar-refractivity contribution >= 4 is 27.5 Å². The van der Waals surface area contributed by atoms with E-state index in [2.05, 4.69) is 26.1 Å². The average molecular weight is 317 g/mol. The lowest BCUT2D eigenvalue weighted by atomic mass is 10.2. The number of benzene rings is 1. The van der Waals surface area contributed by atoms with Crippen molar-refractivity contribution in [1.82, 2.24) is 10.2 Å². The molecular formula is C11H11BrClN3O. The number of hydrogen-bond acceptors (Lipinski definition) is 4. The zero-order valence-corrected chi connectivity index (χ0v) is 11.5. The van der Waals surface area contributed by atoms with E-state index in [9.17, 15) is 0 Å². The summed E-state index contributed by atoms with van der Waals surface area (Å²) in [6, 6.07) is 5.23. The van der Waals surface area contributed by atoms with Gasteiger partial charge in [0.2, 0.25) is 11.8 Å².